The number of nitrogens with one attached hydrogen (secondary N) is 2. The summed E-state index contributed by atoms with van der Waals surface area (Å²) in [5.74, 6) is -0.0732. The van der Waals surface area contributed by atoms with Crippen LogP contribution >= 0.6 is 11.3 Å². The molecule has 1 amide bonds. The van der Waals surface area contributed by atoms with Crippen molar-refractivity contribution in [2.24, 2.45) is 0 Å². The van der Waals surface area contributed by atoms with Gasteiger partial charge in [0.1, 0.15) is 11.0 Å². The molecule has 0 fully saturated rings. The van der Waals surface area contributed by atoms with Crippen LogP contribution in [0.2, 0.25) is 0 Å². The summed E-state index contributed by atoms with van der Waals surface area (Å²) in [7, 11) is 0. The fourth-order valence-corrected chi connectivity index (χ4v) is 4.15. The van der Waals surface area contributed by atoms with Crippen LogP contribution in [0, 0.1) is 0 Å². The van der Waals surface area contributed by atoms with E-state index in [2.05, 4.69) is 39.9 Å². The lowest BCUT2D eigenvalue weighted by atomic mass is 9.99. The highest BCUT2D eigenvalue weighted by atomic mass is 32.1. The van der Waals surface area contributed by atoms with Gasteiger partial charge >= 0.3 is 0 Å². The Labute approximate surface area is 180 Å². The number of carbonyl (C=O) groups excluding carboxylic acids is 1. The lowest BCUT2D eigenvalue weighted by Gasteiger charge is -2.21. The van der Waals surface area contributed by atoms with Crippen LogP contribution in [0.5, 0.6) is 0 Å². The zero-order valence-corrected chi connectivity index (χ0v) is 17.3. The number of aromatic nitrogens is 1. The second-order valence-electron chi connectivity index (χ2n) is 6.92. The fraction of sp³-hybridized carbons (Fsp3) is 0.120. The van der Waals surface area contributed by atoms with E-state index < -0.39 is 0 Å². The van der Waals surface area contributed by atoms with Gasteiger partial charge in [0.15, 0.2) is 0 Å². The SMILES string of the molecule is O=C(CNC(c1ccccc1)c1ccccc1)NC(c1ccccc1)c1nccs1. The molecule has 5 heteroatoms. The summed E-state index contributed by atoms with van der Waals surface area (Å²) in [6.45, 7) is 0.198. The van der Waals surface area contributed by atoms with Gasteiger partial charge in [-0.05, 0) is 16.7 Å². The lowest BCUT2D eigenvalue weighted by molar-refractivity contribution is -0.120. The maximum atomic E-state index is 12.9. The van der Waals surface area contributed by atoms with Crippen molar-refractivity contribution in [3.63, 3.8) is 0 Å². The van der Waals surface area contributed by atoms with Crippen molar-refractivity contribution in [2.45, 2.75) is 12.1 Å². The summed E-state index contributed by atoms with van der Waals surface area (Å²) in [6.07, 6.45) is 1.77. The van der Waals surface area contributed by atoms with Gasteiger partial charge in [-0.1, -0.05) is 91.0 Å². The fourth-order valence-electron chi connectivity index (χ4n) is 3.44. The molecule has 30 heavy (non-hydrogen) atoms. The topological polar surface area (TPSA) is 54.0 Å². The first-order valence-corrected chi connectivity index (χ1v) is 10.8. The molecule has 0 aliphatic carbocycles. The molecule has 0 radical (unpaired) electrons. The third-order valence-electron chi connectivity index (χ3n) is 4.87. The van der Waals surface area contributed by atoms with Crippen LogP contribution in [0.4, 0.5) is 0 Å². The van der Waals surface area contributed by atoms with Crippen LogP contribution in [0.3, 0.4) is 0 Å². The number of amides is 1. The van der Waals surface area contributed by atoms with Crippen molar-refractivity contribution in [1.29, 1.82) is 0 Å². The molecule has 4 rings (SSSR count). The molecule has 1 atom stereocenters. The number of hydrogen-bond acceptors (Lipinski definition) is 4. The van der Waals surface area contributed by atoms with E-state index in [-0.39, 0.29) is 24.5 Å². The minimum atomic E-state index is -0.257. The predicted molar refractivity (Wildman–Crippen MR) is 121 cm³/mol. The molecule has 0 saturated heterocycles. The number of nitrogens with zero attached hydrogens (tertiary/aromatic N) is 1. The van der Waals surface area contributed by atoms with Crippen molar-refractivity contribution >= 4 is 17.2 Å². The van der Waals surface area contributed by atoms with E-state index in [4.69, 9.17) is 0 Å². The minimum Gasteiger partial charge on any atom is -0.342 e. The number of benzene rings is 3. The first-order chi connectivity index (χ1) is 14.8. The Balaban J connectivity index is 1.49. The Kier molecular flexibility index (Phi) is 6.65. The number of rotatable bonds is 8. The summed E-state index contributed by atoms with van der Waals surface area (Å²) < 4.78 is 0. The molecule has 2 N–H and O–H groups in total. The molecular formula is C25H23N3OS. The zero-order valence-electron chi connectivity index (χ0n) is 16.4. The molecule has 0 bridgehead atoms. The molecule has 0 saturated carbocycles. The highest BCUT2D eigenvalue weighted by molar-refractivity contribution is 7.09. The van der Waals surface area contributed by atoms with E-state index in [0.29, 0.717) is 0 Å². The first kappa shape index (κ1) is 20.0. The second-order valence-corrected chi connectivity index (χ2v) is 7.84. The largest absolute Gasteiger partial charge is 0.342 e. The summed E-state index contributed by atoms with van der Waals surface area (Å²) in [5.41, 5.74) is 3.26. The Morgan fingerprint density at radius 1 is 0.767 bits per heavy atom. The molecule has 1 aromatic heterocycles. The number of hydrogen-bond donors (Lipinski definition) is 2. The second kappa shape index (κ2) is 9.96. The van der Waals surface area contributed by atoms with Crippen LogP contribution in [-0.2, 0) is 4.79 Å². The van der Waals surface area contributed by atoms with Crippen LogP contribution in [0.25, 0.3) is 0 Å². The molecule has 150 valence electrons. The van der Waals surface area contributed by atoms with E-state index in [1.54, 1.807) is 6.20 Å². The molecule has 1 unspecified atom stereocenters. The van der Waals surface area contributed by atoms with E-state index in [1.165, 1.54) is 11.3 Å². The molecule has 4 nitrogen and oxygen atoms in total. The van der Waals surface area contributed by atoms with Crippen LogP contribution in [0.15, 0.2) is 103 Å². The summed E-state index contributed by atoms with van der Waals surface area (Å²) >= 11 is 1.54. The third kappa shape index (κ3) is 5.00. The maximum Gasteiger partial charge on any atom is 0.234 e. The van der Waals surface area contributed by atoms with Crippen molar-refractivity contribution in [1.82, 2.24) is 15.6 Å². The minimum absolute atomic E-state index is 0.0619. The molecule has 0 spiro atoms. The summed E-state index contributed by atoms with van der Waals surface area (Å²) in [6, 6.07) is 30.0. The Morgan fingerprint density at radius 3 is 1.73 bits per heavy atom. The van der Waals surface area contributed by atoms with Gasteiger partial charge in [0.05, 0.1) is 12.6 Å². The quantitative estimate of drug-likeness (QED) is 0.439. The van der Waals surface area contributed by atoms with E-state index in [1.807, 2.05) is 72.1 Å². The standard InChI is InChI=1S/C25H23N3OS/c29-22(28-24(25-26-16-17-30-25)21-14-8-3-9-15-21)18-27-23(19-10-4-1-5-11-19)20-12-6-2-7-13-20/h1-17,23-24,27H,18H2,(H,28,29). The van der Waals surface area contributed by atoms with E-state index in [0.717, 1.165) is 21.7 Å². The van der Waals surface area contributed by atoms with Gasteiger partial charge in [0.2, 0.25) is 5.91 Å². The number of carbonyl (C=O) groups is 1. The average molecular weight is 414 g/mol. The van der Waals surface area contributed by atoms with Crippen LogP contribution < -0.4 is 10.6 Å². The van der Waals surface area contributed by atoms with Gasteiger partial charge in [0.25, 0.3) is 0 Å². The van der Waals surface area contributed by atoms with Gasteiger partial charge in [-0.25, -0.2) is 4.98 Å². The summed E-state index contributed by atoms with van der Waals surface area (Å²) in [5, 5.41) is 9.37. The zero-order chi connectivity index (χ0) is 20.6. The van der Waals surface area contributed by atoms with Gasteiger partial charge in [-0.15, -0.1) is 11.3 Å². The maximum absolute atomic E-state index is 12.9. The van der Waals surface area contributed by atoms with Crippen molar-refractivity contribution in [3.8, 4) is 0 Å². The van der Waals surface area contributed by atoms with Gasteiger partial charge < -0.3 is 5.32 Å². The van der Waals surface area contributed by atoms with Gasteiger partial charge in [-0.2, -0.15) is 0 Å². The van der Waals surface area contributed by atoms with Gasteiger partial charge in [0, 0.05) is 11.6 Å². The highest BCUT2D eigenvalue weighted by Crippen LogP contribution is 2.24. The van der Waals surface area contributed by atoms with E-state index >= 15 is 0 Å². The molecular weight excluding hydrogens is 390 g/mol. The van der Waals surface area contributed by atoms with E-state index in [9.17, 15) is 4.79 Å². The Bertz CT molecular complexity index is 998. The third-order valence-corrected chi connectivity index (χ3v) is 5.71. The Morgan fingerprint density at radius 2 is 1.27 bits per heavy atom. The molecule has 0 aliphatic heterocycles. The van der Waals surface area contributed by atoms with Crippen molar-refractivity contribution in [2.75, 3.05) is 6.54 Å². The lowest BCUT2D eigenvalue weighted by Crippen LogP contribution is -2.38. The van der Waals surface area contributed by atoms with Crippen molar-refractivity contribution in [3.05, 3.63) is 124 Å². The average Bonchev–Trinajstić information content (AvgIpc) is 3.34. The molecule has 1 heterocycles. The molecule has 4 aromatic rings. The van der Waals surface area contributed by atoms with Crippen LogP contribution in [-0.4, -0.2) is 17.4 Å². The monoisotopic (exact) mass is 413 g/mol. The predicted octanol–water partition coefficient (Wildman–Crippen LogP) is 4.73. The molecule has 3 aromatic carbocycles. The normalized spacial score (nSPS) is 11.9. The molecule has 0 aliphatic rings. The van der Waals surface area contributed by atoms with Crippen molar-refractivity contribution < 1.29 is 4.79 Å². The first-order valence-electron chi connectivity index (χ1n) is 9.88. The van der Waals surface area contributed by atoms with Crippen LogP contribution in [0.1, 0.15) is 33.8 Å². The smallest absolute Gasteiger partial charge is 0.234 e. The highest BCUT2D eigenvalue weighted by Gasteiger charge is 2.20. The van der Waals surface area contributed by atoms with Gasteiger partial charge in [-0.3, -0.25) is 10.1 Å². The number of thiazole rings is 1. The Hall–Kier alpha value is -3.28. The summed E-state index contributed by atoms with van der Waals surface area (Å²) in [4.78, 5) is 17.3.